The van der Waals surface area contributed by atoms with Gasteiger partial charge in [-0.2, -0.15) is 0 Å². The molecule has 2 N–H and O–H groups in total. The third-order valence-corrected chi connectivity index (χ3v) is 2.33. The predicted octanol–water partition coefficient (Wildman–Crippen LogP) is 1.16. The first-order valence-electron chi connectivity index (χ1n) is 5.23. The average Bonchev–Trinajstić information content (AvgIpc) is 2.70. The zero-order chi connectivity index (χ0) is 11.5. The molecule has 0 unspecified atom stereocenters. The number of anilines is 1. The molecule has 0 spiro atoms. The van der Waals surface area contributed by atoms with Crippen molar-refractivity contribution in [3.8, 4) is 0 Å². The van der Waals surface area contributed by atoms with Crippen molar-refractivity contribution in [2.45, 2.75) is 13.8 Å². The van der Waals surface area contributed by atoms with Crippen LogP contribution in [0.3, 0.4) is 0 Å². The summed E-state index contributed by atoms with van der Waals surface area (Å²) in [6.07, 6.45) is 5.56. The number of fused-ring (bicyclic) bond motifs is 1. The van der Waals surface area contributed by atoms with Crippen LogP contribution in [0.2, 0.25) is 0 Å². The third kappa shape index (κ3) is 2.03. The quantitative estimate of drug-likeness (QED) is 0.600. The SMILES string of the molecule is CC(C)=CCNc1nc[n+](C)c2nc[nH]c12. The molecule has 2 heterocycles. The average molecular weight is 218 g/mol. The molecule has 2 aromatic rings. The number of hydrogen-bond acceptors (Lipinski definition) is 3. The summed E-state index contributed by atoms with van der Waals surface area (Å²) < 4.78 is 1.89. The Morgan fingerprint density at radius 2 is 2.31 bits per heavy atom. The van der Waals surface area contributed by atoms with Crippen molar-refractivity contribution in [2.24, 2.45) is 7.05 Å². The van der Waals surface area contributed by atoms with Crippen LogP contribution in [-0.4, -0.2) is 21.5 Å². The predicted molar refractivity (Wildman–Crippen MR) is 63.0 cm³/mol. The van der Waals surface area contributed by atoms with Gasteiger partial charge in [0.2, 0.25) is 12.1 Å². The molecule has 0 aliphatic heterocycles. The molecule has 0 bridgehead atoms. The summed E-state index contributed by atoms with van der Waals surface area (Å²) in [5.74, 6) is 0.836. The van der Waals surface area contributed by atoms with Crippen molar-refractivity contribution in [1.29, 1.82) is 0 Å². The molecule has 0 atom stereocenters. The number of H-pyrrole nitrogens is 1. The highest BCUT2D eigenvalue weighted by molar-refractivity contribution is 5.79. The van der Waals surface area contributed by atoms with Crippen LogP contribution in [-0.2, 0) is 7.05 Å². The highest BCUT2D eigenvalue weighted by Crippen LogP contribution is 2.12. The minimum absolute atomic E-state index is 0.775. The number of aryl methyl sites for hydroxylation is 1. The van der Waals surface area contributed by atoms with Crippen LogP contribution < -0.4 is 9.88 Å². The Kier molecular flexibility index (Phi) is 2.85. The number of nitrogens with one attached hydrogen (secondary N) is 2. The van der Waals surface area contributed by atoms with Crippen molar-refractivity contribution < 1.29 is 4.57 Å². The Morgan fingerprint density at radius 3 is 3.06 bits per heavy atom. The van der Waals surface area contributed by atoms with E-state index in [9.17, 15) is 0 Å². The maximum atomic E-state index is 4.33. The van der Waals surface area contributed by atoms with E-state index in [2.05, 4.69) is 40.2 Å². The first kappa shape index (κ1) is 10.6. The first-order valence-corrected chi connectivity index (χ1v) is 5.23. The van der Waals surface area contributed by atoms with Gasteiger partial charge in [-0.1, -0.05) is 21.6 Å². The number of nitrogens with zero attached hydrogens (tertiary/aromatic N) is 3. The molecule has 84 valence electrons. The number of rotatable bonds is 3. The summed E-state index contributed by atoms with van der Waals surface area (Å²) in [6, 6.07) is 0. The van der Waals surface area contributed by atoms with Crippen LogP contribution in [0.1, 0.15) is 13.8 Å². The van der Waals surface area contributed by atoms with Crippen molar-refractivity contribution in [3.05, 3.63) is 24.3 Å². The lowest BCUT2D eigenvalue weighted by Crippen LogP contribution is -2.30. The maximum absolute atomic E-state index is 4.33. The summed E-state index contributed by atoms with van der Waals surface area (Å²) in [5, 5.41) is 3.26. The number of hydrogen-bond donors (Lipinski definition) is 2. The fourth-order valence-electron chi connectivity index (χ4n) is 1.48. The summed E-state index contributed by atoms with van der Waals surface area (Å²) in [4.78, 5) is 11.7. The normalized spacial score (nSPS) is 10.4. The molecule has 0 fully saturated rings. The summed E-state index contributed by atoms with van der Waals surface area (Å²) >= 11 is 0. The van der Waals surface area contributed by atoms with E-state index in [1.807, 2.05) is 11.6 Å². The molecule has 0 aliphatic rings. The lowest BCUT2D eigenvalue weighted by Gasteiger charge is -2.00. The smallest absolute Gasteiger partial charge is 0.293 e. The van der Waals surface area contributed by atoms with Gasteiger partial charge in [0.05, 0.1) is 7.05 Å². The van der Waals surface area contributed by atoms with Crippen LogP contribution in [0.25, 0.3) is 11.2 Å². The van der Waals surface area contributed by atoms with Gasteiger partial charge in [0.1, 0.15) is 0 Å². The van der Waals surface area contributed by atoms with Crippen LogP contribution in [0, 0.1) is 0 Å². The second kappa shape index (κ2) is 4.30. The molecule has 0 amide bonds. The van der Waals surface area contributed by atoms with Crippen molar-refractivity contribution >= 4 is 17.0 Å². The zero-order valence-electron chi connectivity index (χ0n) is 9.78. The topological polar surface area (TPSA) is 57.5 Å². The Hall–Kier alpha value is -1.91. The molecule has 5 heteroatoms. The van der Waals surface area contributed by atoms with Gasteiger partial charge in [-0.15, -0.1) is 0 Å². The van der Waals surface area contributed by atoms with Gasteiger partial charge in [0.25, 0.3) is 5.65 Å². The molecule has 0 radical (unpaired) electrons. The third-order valence-electron chi connectivity index (χ3n) is 2.33. The number of aromatic nitrogens is 4. The fourth-order valence-corrected chi connectivity index (χ4v) is 1.48. The molecule has 0 saturated carbocycles. The second-order valence-corrected chi connectivity index (χ2v) is 3.97. The van der Waals surface area contributed by atoms with E-state index in [1.54, 1.807) is 12.7 Å². The van der Waals surface area contributed by atoms with Crippen molar-refractivity contribution in [1.82, 2.24) is 15.0 Å². The standard InChI is InChI=1S/C11H15N5/c1-8(2)4-5-12-10-9-11(14-6-13-9)16(3)7-15-10/h4,6-7H,5H2,1-3H3,(H,12,13,14)/p+1. The summed E-state index contributed by atoms with van der Waals surface area (Å²) in [7, 11) is 1.93. The lowest BCUT2D eigenvalue weighted by molar-refractivity contribution is -0.649. The molecule has 5 nitrogen and oxygen atoms in total. The molecular formula is C11H16N5+. The first-order chi connectivity index (χ1) is 7.68. The van der Waals surface area contributed by atoms with E-state index < -0.39 is 0 Å². The Bertz CT molecular complexity index is 522. The maximum Gasteiger partial charge on any atom is 0.293 e. The van der Waals surface area contributed by atoms with Gasteiger partial charge < -0.3 is 10.3 Å². The minimum Gasteiger partial charge on any atom is -0.351 e. The van der Waals surface area contributed by atoms with Gasteiger partial charge in [-0.3, -0.25) is 0 Å². The lowest BCUT2D eigenvalue weighted by atomic mass is 10.3. The molecule has 16 heavy (non-hydrogen) atoms. The van der Waals surface area contributed by atoms with Gasteiger partial charge in [-0.05, 0) is 13.8 Å². The van der Waals surface area contributed by atoms with E-state index in [1.165, 1.54) is 5.57 Å². The summed E-state index contributed by atoms with van der Waals surface area (Å²) in [5.41, 5.74) is 3.12. The van der Waals surface area contributed by atoms with Gasteiger partial charge >= 0.3 is 0 Å². The molecule has 2 aromatic heterocycles. The molecule has 0 saturated heterocycles. The highest BCUT2D eigenvalue weighted by Gasteiger charge is 2.13. The van der Waals surface area contributed by atoms with E-state index in [0.29, 0.717) is 0 Å². The van der Waals surface area contributed by atoms with E-state index in [0.717, 1.165) is 23.5 Å². The van der Waals surface area contributed by atoms with Crippen LogP contribution >= 0.6 is 0 Å². The number of allylic oxidation sites excluding steroid dienone is 1. The zero-order valence-corrected chi connectivity index (χ0v) is 9.78. The Labute approximate surface area is 94.2 Å². The molecule has 0 aliphatic carbocycles. The van der Waals surface area contributed by atoms with Crippen LogP contribution in [0.5, 0.6) is 0 Å². The minimum atomic E-state index is 0.775. The van der Waals surface area contributed by atoms with E-state index in [4.69, 9.17) is 0 Å². The van der Waals surface area contributed by atoms with E-state index in [-0.39, 0.29) is 0 Å². The van der Waals surface area contributed by atoms with Crippen molar-refractivity contribution in [2.75, 3.05) is 11.9 Å². The van der Waals surface area contributed by atoms with Crippen LogP contribution in [0.4, 0.5) is 5.82 Å². The summed E-state index contributed by atoms with van der Waals surface area (Å²) in [6.45, 7) is 4.93. The molecule has 0 aromatic carbocycles. The molecule has 2 rings (SSSR count). The Balaban J connectivity index is 2.28. The monoisotopic (exact) mass is 218 g/mol. The Morgan fingerprint density at radius 1 is 1.50 bits per heavy atom. The van der Waals surface area contributed by atoms with Gasteiger partial charge in [0, 0.05) is 6.54 Å². The van der Waals surface area contributed by atoms with Gasteiger partial charge in [-0.25, -0.2) is 4.57 Å². The highest BCUT2D eigenvalue weighted by atomic mass is 15.1. The van der Waals surface area contributed by atoms with Crippen molar-refractivity contribution in [3.63, 3.8) is 0 Å². The van der Waals surface area contributed by atoms with E-state index >= 15 is 0 Å². The largest absolute Gasteiger partial charge is 0.351 e. The second-order valence-electron chi connectivity index (χ2n) is 3.97. The molecular weight excluding hydrogens is 202 g/mol. The van der Waals surface area contributed by atoms with Crippen LogP contribution in [0.15, 0.2) is 24.3 Å². The number of imidazole rings is 1. The fraction of sp³-hybridized carbons (Fsp3) is 0.364. The van der Waals surface area contributed by atoms with Gasteiger partial charge in [0.15, 0.2) is 11.8 Å². The number of aromatic amines is 1.